The molecule has 1 aromatic heterocycles. The van der Waals surface area contributed by atoms with Crippen molar-refractivity contribution in [2.75, 3.05) is 19.5 Å². The lowest BCUT2D eigenvalue weighted by Gasteiger charge is -2.28. The number of anilines is 1. The number of methoxy groups -OCH3 is 1. The minimum atomic E-state index is -0.256. The van der Waals surface area contributed by atoms with Crippen molar-refractivity contribution < 1.29 is 9.47 Å². The topological polar surface area (TPSA) is 88.1 Å². The molecule has 1 aromatic carbocycles. The number of tetrazole rings is 1. The highest BCUT2D eigenvalue weighted by atomic mass is 16.5. The fraction of sp³-hybridized carbons (Fsp3) is 0.500. The van der Waals surface area contributed by atoms with Gasteiger partial charge in [-0.15, -0.1) is 5.10 Å². The standard InChI is InChI=1S/C14H19N5O2/c1-9-14(2,6-7-21-9)19-13(16-17-18-19)10-4-5-11(15)12(8-10)20-3/h4-5,8-9H,6-7,15H2,1-3H3. The van der Waals surface area contributed by atoms with Crippen LogP contribution in [0.1, 0.15) is 20.3 Å². The molecule has 1 aliphatic rings. The first-order valence-corrected chi connectivity index (χ1v) is 6.90. The van der Waals surface area contributed by atoms with Gasteiger partial charge in [-0.1, -0.05) is 0 Å². The molecule has 7 nitrogen and oxygen atoms in total. The maximum atomic E-state index is 5.86. The average molecular weight is 289 g/mol. The molecule has 2 unspecified atom stereocenters. The fourth-order valence-electron chi connectivity index (χ4n) is 2.66. The quantitative estimate of drug-likeness (QED) is 0.860. The molecule has 0 saturated carbocycles. The van der Waals surface area contributed by atoms with Crippen molar-refractivity contribution in [1.82, 2.24) is 20.2 Å². The third-order valence-corrected chi connectivity index (χ3v) is 4.30. The number of benzene rings is 1. The molecule has 0 spiro atoms. The van der Waals surface area contributed by atoms with Gasteiger partial charge in [0, 0.05) is 12.2 Å². The summed E-state index contributed by atoms with van der Waals surface area (Å²) in [5, 5.41) is 12.2. The average Bonchev–Trinajstić information content (AvgIpc) is 3.08. The van der Waals surface area contributed by atoms with E-state index in [1.165, 1.54) is 0 Å². The zero-order valence-corrected chi connectivity index (χ0v) is 12.4. The summed E-state index contributed by atoms with van der Waals surface area (Å²) in [6.07, 6.45) is 0.925. The SMILES string of the molecule is COc1cc(-c2nnnn2C2(C)CCOC2C)ccc1N. The van der Waals surface area contributed by atoms with Gasteiger partial charge in [-0.25, -0.2) is 4.68 Å². The number of hydrogen-bond acceptors (Lipinski definition) is 6. The second-order valence-corrected chi connectivity index (χ2v) is 5.49. The zero-order chi connectivity index (χ0) is 15.0. The van der Waals surface area contributed by atoms with Gasteiger partial charge in [-0.2, -0.15) is 0 Å². The summed E-state index contributed by atoms with van der Waals surface area (Å²) in [5.74, 6) is 1.30. The summed E-state index contributed by atoms with van der Waals surface area (Å²) in [7, 11) is 1.59. The Hall–Kier alpha value is -2.15. The fourth-order valence-corrected chi connectivity index (χ4v) is 2.66. The van der Waals surface area contributed by atoms with Crippen molar-refractivity contribution in [2.45, 2.75) is 31.9 Å². The van der Waals surface area contributed by atoms with Crippen LogP contribution in [0, 0.1) is 0 Å². The highest BCUT2D eigenvalue weighted by molar-refractivity contribution is 5.65. The van der Waals surface area contributed by atoms with Gasteiger partial charge in [0.1, 0.15) is 5.75 Å². The van der Waals surface area contributed by atoms with Gasteiger partial charge in [0.15, 0.2) is 5.82 Å². The molecule has 3 rings (SSSR count). The van der Waals surface area contributed by atoms with E-state index in [1.54, 1.807) is 13.2 Å². The zero-order valence-electron chi connectivity index (χ0n) is 12.4. The molecule has 2 heterocycles. The van der Waals surface area contributed by atoms with Crippen molar-refractivity contribution in [2.24, 2.45) is 0 Å². The maximum Gasteiger partial charge on any atom is 0.182 e. The van der Waals surface area contributed by atoms with Gasteiger partial charge in [0.05, 0.1) is 24.4 Å². The van der Waals surface area contributed by atoms with E-state index in [0.717, 1.165) is 12.0 Å². The molecule has 112 valence electrons. The first-order chi connectivity index (χ1) is 10.1. The lowest BCUT2D eigenvalue weighted by molar-refractivity contribution is 0.0706. The minimum Gasteiger partial charge on any atom is -0.495 e. The second kappa shape index (κ2) is 5.00. The van der Waals surface area contributed by atoms with Crippen LogP contribution in [-0.2, 0) is 10.3 Å². The number of nitrogens with zero attached hydrogens (tertiary/aromatic N) is 4. The van der Waals surface area contributed by atoms with Crippen molar-refractivity contribution in [3.63, 3.8) is 0 Å². The van der Waals surface area contributed by atoms with Crippen LogP contribution in [0.25, 0.3) is 11.4 Å². The molecule has 0 amide bonds. The molecular formula is C14H19N5O2. The highest BCUT2D eigenvalue weighted by Gasteiger charge is 2.41. The molecule has 0 bridgehead atoms. The lowest BCUT2D eigenvalue weighted by Crippen LogP contribution is -2.38. The molecule has 1 fully saturated rings. The molecule has 2 N–H and O–H groups in total. The van der Waals surface area contributed by atoms with E-state index >= 15 is 0 Å². The number of aromatic nitrogens is 4. The Morgan fingerprint density at radius 2 is 2.29 bits per heavy atom. The number of ether oxygens (including phenoxy) is 2. The smallest absolute Gasteiger partial charge is 0.182 e. The summed E-state index contributed by atoms with van der Waals surface area (Å²) in [4.78, 5) is 0. The van der Waals surface area contributed by atoms with Crippen LogP contribution in [0.5, 0.6) is 5.75 Å². The van der Waals surface area contributed by atoms with Gasteiger partial charge in [0.25, 0.3) is 0 Å². The third kappa shape index (κ3) is 2.13. The van der Waals surface area contributed by atoms with Crippen molar-refractivity contribution in [3.8, 4) is 17.1 Å². The first-order valence-electron chi connectivity index (χ1n) is 6.90. The minimum absolute atomic E-state index is 0.0513. The Morgan fingerprint density at radius 1 is 1.48 bits per heavy atom. The Labute approximate surface area is 123 Å². The molecule has 2 aromatic rings. The van der Waals surface area contributed by atoms with E-state index in [2.05, 4.69) is 22.4 Å². The Kier molecular flexibility index (Phi) is 3.29. The van der Waals surface area contributed by atoms with Crippen LogP contribution >= 0.6 is 0 Å². The first kappa shape index (κ1) is 13.8. The Bertz CT molecular complexity index is 657. The van der Waals surface area contributed by atoms with E-state index in [0.29, 0.717) is 23.9 Å². The Morgan fingerprint density at radius 3 is 2.95 bits per heavy atom. The van der Waals surface area contributed by atoms with Gasteiger partial charge in [-0.3, -0.25) is 0 Å². The maximum absolute atomic E-state index is 5.86. The summed E-state index contributed by atoms with van der Waals surface area (Å²) in [6.45, 7) is 4.86. The Balaban J connectivity index is 2.07. The van der Waals surface area contributed by atoms with Crippen LogP contribution in [-0.4, -0.2) is 40.0 Å². The van der Waals surface area contributed by atoms with E-state index in [1.807, 2.05) is 23.7 Å². The number of nitrogen functional groups attached to an aromatic ring is 1. The predicted octanol–water partition coefficient (Wildman–Crippen LogP) is 1.45. The summed E-state index contributed by atoms with van der Waals surface area (Å²) < 4.78 is 12.8. The van der Waals surface area contributed by atoms with E-state index in [9.17, 15) is 0 Å². The van der Waals surface area contributed by atoms with Gasteiger partial charge >= 0.3 is 0 Å². The van der Waals surface area contributed by atoms with E-state index in [4.69, 9.17) is 15.2 Å². The number of rotatable bonds is 3. The van der Waals surface area contributed by atoms with Gasteiger partial charge in [0.2, 0.25) is 0 Å². The number of hydrogen-bond donors (Lipinski definition) is 1. The second-order valence-electron chi connectivity index (χ2n) is 5.49. The van der Waals surface area contributed by atoms with Gasteiger partial charge < -0.3 is 15.2 Å². The molecule has 1 aliphatic heterocycles. The van der Waals surface area contributed by atoms with Crippen LogP contribution in [0.3, 0.4) is 0 Å². The van der Waals surface area contributed by atoms with Crippen LogP contribution < -0.4 is 10.5 Å². The van der Waals surface area contributed by atoms with Crippen molar-refractivity contribution in [3.05, 3.63) is 18.2 Å². The number of nitrogens with two attached hydrogens (primary N) is 1. The highest BCUT2D eigenvalue weighted by Crippen LogP contribution is 2.36. The van der Waals surface area contributed by atoms with Crippen LogP contribution in [0.4, 0.5) is 5.69 Å². The monoisotopic (exact) mass is 289 g/mol. The van der Waals surface area contributed by atoms with Crippen molar-refractivity contribution in [1.29, 1.82) is 0 Å². The molecule has 0 aliphatic carbocycles. The largest absolute Gasteiger partial charge is 0.495 e. The third-order valence-electron chi connectivity index (χ3n) is 4.30. The summed E-state index contributed by atoms with van der Waals surface area (Å²) >= 11 is 0. The van der Waals surface area contributed by atoms with Crippen molar-refractivity contribution >= 4 is 5.69 Å². The van der Waals surface area contributed by atoms with Crippen LogP contribution in [0.15, 0.2) is 18.2 Å². The normalized spacial score (nSPS) is 25.2. The van der Waals surface area contributed by atoms with E-state index < -0.39 is 0 Å². The predicted molar refractivity (Wildman–Crippen MR) is 77.9 cm³/mol. The molecule has 1 saturated heterocycles. The molecule has 0 radical (unpaired) electrons. The molecule has 7 heteroatoms. The summed E-state index contributed by atoms with van der Waals surface area (Å²) in [6, 6.07) is 5.54. The van der Waals surface area contributed by atoms with E-state index in [-0.39, 0.29) is 11.6 Å². The molecular weight excluding hydrogens is 270 g/mol. The lowest BCUT2D eigenvalue weighted by atomic mass is 9.94. The van der Waals surface area contributed by atoms with Crippen LogP contribution in [0.2, 0.25) is 0 Å². The molecule has 21 heavy (non-hydrogen) atoms. The van der Waals surface area contributed by atoms with Gasteiger partial charge in [-0.05, 0) is 48.9 Å². The summed E-state index contributed by atoms with van der Waals surface area (Å²) in [5.41, 5.74) is 7.06. The molecule has 2 atom stereocenters.